The third kappa shape index (κ3) is 1.97. The maximum absolute atomic E-state index is 12.0. The normalized spacial score (nSPS) is 18.1. The van der Waals surface area contributed by atoms with E-state index in [9.17, 15) is 8.42 Å². The van der Waals surface area contributed by atoms with Crippen molar-refractivity contribution in [3.8, 4) is 0 Å². The zero-order chi connectivity index (χ0) is 10.9. The summed E-state index contributed by atoms with van der Waals surface area (Å²) in [5, 5.41) is 2.98. The Hall–Kier alpha value is -1.11. The van der Waals surface area contributed by atoms with Gasteiger partial charge in [-0.15, -0.1) is 0 Å². The maximum atomic E-state index is 12.0. The number of nitrogens with two attached hydrogens (primary N) is 1. The molecule has 0 aromatic heterocycles. The monoisotopic (exact) mass is 227 g/mol. The molecular formula is C9H13N3O2S. The van der Waals surface area contributed by atoms with Crippen LogP contribution in [-0.4, -0.2) is 32.5 Å². The summed E-state index contributed by atoms with van der Waals surface area (Å²) in [7, 11) is -3.34. The molecule has 1 aliphatic heterocycles. The Bertz CT molecular complexity index is 435. The molecule has 0 aliphatic carbocycles. The highest BCUT2D eigenvalue weighted by atomic mass is 32.2. The molecule has 2 rings (SSSR count). The lowest BCUT2D eigenvalue weighted by atomic mass is 10.3. The highest BCUT2D eigenvalue weighted by molar-refractivity contribution is 7.89. The minimum Gasteiger partial charge on any atom is -0.399 e. The smallest absolute Gasteiger partial charge is 0.244 e. The number of sulfonamides is 1. The van der Waals surface area contributed by atoms with Gasteiger partial charge in [0.2, 0.25) is 10.0 Å². The van der Waals surface area contributed by atoms with Gasteiger partial charge in [0.1, 0.15) is 0 Å². The van der Waals surface area contributed by atoms with E-state index in [1.807, 2.05) is 0 Å². The van der Waals surface area contributed by atoms with Gasteiger partial charge in [-0.1, -0.05) is 0 Å². The molecule has 0 unspecified atom stereocenters. The highest BCUT2D eigenvalue weighted by Crippen LogP contribution is 2.17. The Morgan fingerprint density at radius 2 is 1.93 bits per heavy atom. The first-order valence-electron chi connectivity index (χ1n) is 4.67. The molecule has 1 fully saturated rings. The van der Waals surface area contributed by atoms with Gasteiger partial charge in [0.05, 0.1) is 11.6 Å². The SMILES string of the molecule is Nc1ccc(S(=O)(=O)N2CCNC2)cc1. The fourth-order valence-electron chi connectivity index (χ4n) is 1.48. The number of rotatable bonds is 2. The summed E-state index contributed by atoms with van der Waals surface area (Å²) in [6.45, 7) is 1.60. The van der Waals surface area contributed by atoms with Crippen LogP contribution in [0.5, 0.6) is 0 Å². The Balaban J connectivity index is 2.32. The van der Waals surface area contributed by atoms with Crippen LogP contribution in [0, 0.1) is 0 Å². The average molecular weight is 227 g/mol. The summed E-state index contributed by atoms with van der Waals surface area (Å²) in [5.74, 6) is 0. The summed E-state index contributed by atoms with van der Waals surface area (Å²) in [5.41, 5.74) is 6.07. The molecule has 5 nitrogen and oxygen atoms in total. The second-order valence-electron chi connectivity index (χ2n) is 3.41. The lowest BCUT2D eigenvalue weighted by molar-refractivity contribution is 0.473. The summed E-state index contributed by atoms with van der Waals surface area (Å²) < 4.78 is 25.4. The number of hydrogen-bond acceptors (Lipinski definition) is 4. The van der Waals surface area contributed by atoms with E-state index in [0.29, 0.717) is 30.3 Å². The third-order valence-electron chi connectivity index (χ3n) is 2.34. The summed E-state index contributed by atoms with van der Waals surface area (Å²) >= 11 is 0. The molecule has 3 N–H and O–H groups in total. The van der Waals surface area contributed by atoms with E-state index >= 15 is 0 Å². The van der Waals surface area contributed by atoms with Crippen LogP contribution in [0.15, 0.2) is 29.2 Å². The molecule has 1 aromatic carbocycles. The predicted octanol–water partition coefficient (Wildman–Crippen LogP) is -0.180. The van der Waals surface area contributed by atoms with Gasteiger partial charge in [0.25, 0.3) is 0 Å². The number of hydrogen-bond donors (Lipinski definition) is 2. The largest absolute Gasteiger partial charge is 0.399 e. The first-order valence-corrected chi connectivity index (χ1v) is 6.11. The number of nitrogens with one attached hydrogen (secondary N) is 1. The van der Waals surface area contributed by atoms with Gasteiger partial charge in [-0.3, -0.25) is 0 Å². The number of nitrogen functional groups attached to an aromatic ring is 1. The van der Waals surface area contributed by atoms with Crippen molar-refractivity contribution in [1.82, 2.24) is 9.62 Å². The van der Waals surface area contributed by atoms with Gasteiger partial charge < -0.3 is 11.1 Å². The van der Waals surface area contributed by atoms with Gasteiger partial charge in [-0.2, -0.15) is 4.31 Å². The van der Waals surface area contributed by atoms with Crippen LogP contribution < -0.4 is 11.1 Å². The van der Waals surface area contributed by atoms with E-state index in [0.717, 1.165) is 0 Å². The maximum Gasteiger partial charge on any atom is 0.244 e. The molecule has 0 amide bonds. The predicted molar refractivity (Wildman–Crippen MR) is 57.6 cm³/mol. The first kappa shape index (κ1) is 10.4. The molecule has 0 bridgehead atoms. The fourth-order valence-corrected chi connectivity index (χ4v) is 2.85. The lowest BCUT2D eigenvalue weighted by Crippen LogP contribution is -2.29. The first-order chi connectivity index (χ1) is 7.10. The van der Waals surface area contributed by atoms with Crippen LogP contribution >= 0.6 is 0 Å². The minimum atomic E-state index is -3.34. The van der Waals surface area contributed by atoms with E-state index in [-0.39, 0.29) is 0 Å². The van der Waals surface area contributed by atoms with Crippen molar-refractivity contribution >= 4 is 15.7 Å². The molecule has 1 aliphatic rings. The molecule has 1 heterocycles. The molecule has 15 heavy (non-hydrogen) atoms. The Labute approximate surface area is 88.9 Å². The van der Waals surface area contributed by atoms with Crippen LogP contribution in [0.4, 0.5) is 5.69 Å². The Morgan fingerprint density at radius 3 is 2.47 bits per heavy atom. The summed E-state index contributed by atoms with van der Waals surface area (Å²) in [6, 6.07) is 6.25. The molecule has 0 saturated carbocycles. The highest BCUT2D eigenvalue weighted by Gasteiger charge is 2.26. The van der Waals surface area contributed by atoms with Crippen LogP contribution in [0.25, 0.3) is 0 Å². The Morgan fingerprint density at radius 1 is 1.27 bits per heavy atom. The molecule has 0 atom stereocenters. The molecular weight excluding hydrogens is 214 g/mol. The number of nitrogens with zero attached hydrogens (tertiary/aromatic N) is 1. The van der Waals surface area contributed by atoms with Crippen LogP contribution in [0.1, 0.15) is 0 Å². The van der Waals surface area contributed by atoms with Gasteiger partial charge in [0.15, 0.2) is 0 Å². The zero-order valence-electron chi connectivity index (χ0n) is 8.18. The number of benzene rings is 1. The van der Waals surface area contributed by atoms with E-state index in [4.69, 9.17) is 5.73 Å². The van der Waals surface area contributed by atoms with E-state index in [1.165, 1.54) is 16.4 Å². The van der Waals surface area contributed by atoms with Crippen molar-refractivity contribution in [1.29, 1.82) is 0 Å². The molecule has 82 valence electrons. The molecule has 0 radical (unpaired) electrons. The standard InChI is InChI=1S/C9H13N3O2S/c10-8-1-3-9(4-2-8)15(13,14)12-6-5-11-7-12/h1-4,11H,5-7,10H2. The quantitative estimate of drug-likeness (QED) is 0.687. The molecule has 6 heteroatoms. The fraction of sp³-hybridized carbons (Fsp3) is 0.333. The topological polar surface area (TPSA) is 75.4 Å². The van der Waals surface area contributed by atoms with Crippen molar-refractivity contribution in [2.45, 2.75) is 4.90 Å². The lowest BCUT2D eigenvalue weighted by Gasteiger charge is -2.14. The molecule has 1 aromatic rings. The summed E-state index contributed by atoms with van der Waals surface area (Å²) in [6.07, 6.45) is 0. The van der Waals surface area contributed by atoms with Crippen LogP contribution in [0.3, 0.4) is 0 Å². The van der Waals surface area contributed by atoms with E-state index in [1.54, 1.807) is 12.1 Å². The van der Waals surface area contributed by atoms with Crippen molar-refractivity contribution < 1.29 is 8.42 Å². The van der Waals surface area contributed by atoms with E-state index in [2.05, 4.69) is 5.32 Å². The second-order valence-corrected chi connectivity index (χ2v) is 5.35. The van der Waals surface area contributed by atoms with Gasteiger partial charge in [-0.25, -0.2) is 8.42 Å². The molecule has 1 saturated heterocycles. The zero-order valence-corrected chi connectivity index (χ0v) is 9.00. The van der Waals surface area contributed by atoms with Gasteiger partial charge in [-0.05, 0) is 24.3 Å². The summed E-state index contributed by atoms with van der Waals surface area (Å²) in [4.78, 5) is 0.292. The second kappa shape index (κ2) is 3.80. The number of anilines is 1. The van der Waals surface area contributed by atoms with Crippen LogP contribution in [-0.2, 0) is 10.0 Å². The van der Waals surface area contributed by atoms with Crippen molar-refractivity contribution in [2.24, 2.45) is 0 Å². The Kier molecular flexibility index (Phi) is 2.64. The van der Waals surface area contributed by atoms with E-state index < -0.39 is 10.0 Å². The van der Waals surface area contributed by atoms with Crippen molar-refractivity contribution in [3.05, 3.63) is 24.3 Å². The third-order valence-corrected chi connectivity index (χ3v) is 4.20. The van der Waals surface area contributed by atoms with Crippen LogP contribution in [0.2, 0.25) is 0 Å². The average Bonchev–Trinajstić information content (AvgIpc) is 2.71. The van der Waals surface area contributed by atoms with Crippen molar-refractivity contribution in [3.63, 3.8) is 0 Å². The van der Waals surface area contributed by atoms with Crippen molar-refractivity contribution in [2.75, 3.05) is 25.5 Å². The molecule has 0 spiro atoms. The van der Waals surface area contributed by atoms with Gasteiger partial charge >= 0.3 is 0 Å². The minimum absolute atomic E-state index is 0.292. The van der Waals surface area contributed by atoms with Gasteiger partial charge in [0, 0.05) is 18.8 Å².